The van der Waals surface area contributed by atoms with Gasteiger partial charge in [-0.05, 0) is 56.2 Å². The van der Waals surface area contributed by atoms with Crippen molar-refractivity contribution in [1.29, 1.82) is 5.26 Å². The maximum absolute atomic E-state index is 12.4. The number of carbonyl (C=O) groups is 1. The Hall–Kier alpha value is -4.25. The van der Waals surface area contributed by atoms with Gasteiger partial charge in [-0.2, -0.15) is 5.26 Å². The van der Waals surface area contributed by atoms with Crippen molar-refractivity contribution in [3.63, 3.8) is 0 Å². The van der Waals surface area contributed by atoms with Crippen LogP contribution < -0.4 is 19.5 Å². The van der Waals surface area contributed by atoms with Crippen molar-refractivity contribution in [2.75, 3.05) is 25.6 Å². The number of ether oxygens (including phenoxy) is 3. The van der Waals surface area contributed by atoms with Crippen LogP contribution in [0.1, 0.15) is 28.9 Å². The lowest BCUT2D eigenvalue weighted by molar-refractivity contribution is -0.112. The average Bonchev–Trinajstić information content (AvgIpc) is 3.23. The maximum atomic E-state index is 12.4. The standard InChI is InChI=1S/C26H27N3O5/c1-17-6-8-22(18(2)12-17)32-10-5-11-33-23-9-7-20(15-24(23)31-4)14-21(16-27)26(30)28-25-13-19(3)34-29-25/h6-9,12-15H,5,10-11H2,1-4H3,(H,28,29,30)/b21-14-. The number of carbonyl (C=O) groups excluding carboxylic acids is 1. The molecule has 0 unspecified atom stereocenters. The van der Waals surface area contributed by atoms with E-state index in [1.807, 2.05) is 25.1 Å². The van der Waals surface area contributed by atoms with E-state index in [0.29, 0.717) is 42.5 Å². The molecular formula is C26H27N3O5. The molecule has 0 aliphatic heterocycles. The SMILES string of the molecule is COc1cc(/C=C(/C#N)C(=O)Nc2cc(C)on2)ccc1OCCCOc1ccc(C)cc1C. The molecule has 1 N–H and O–H groups in total. The first kappa shape index (κ1) is 24.4. The highest BCUT2D eigenvalue weighted by atomic mass is 16.5. The Bertz CT molecular complexity index is 1220. The normalized spacial score (nSPS) is 11.0. The molecule has 0 bridgehead atoms. The maximum Gasteiger partial charge on any atom is 0.267 e. The number of nitrogens with zero attached hydrogens (tertiary/aromatic N) is 2. The van der Waals surface area contributed by atoms with Crippen molar-refractivity contribution in [2.45, 2.75) is 27.2 Å². The molecule has 2 aromatic carbocycles. The van der Waals surface area contributed by atoms with Crippen LogP contribution in [0.4, 0.5) is 5.82 Å². The lowest BCUT2D eigenvalue weighted by Gasteiger charge is -2.13. The molecule has 1 heterocycles. The number of rotatable bonds is 10. The third-order valence-corrected chi connectivity index (χ3v) is 4.87. The minimum atomic E-state index is -0.584. The highest BCUT2D eigenvalue weighted by molar-refractivity contribution is 6.09. The van der Waals surface area contributed by atoms with E-state index in [0.717, 1.165) is 11.3 Å². The van der Waals surface area contributed by atoms with Crippen LogP contribution in [0, 0.1) is 32.1 Å². The number of aryl methyl sites for hydroxylation is 3. The monoisotopic (exact) mass is 461 g/mol. The van der Waals surface area contributed by atoms with Crippen molar-refractivity contribution >= 4 is 17.8 Å². The Labute approximate surface area is 198 Å². The highest BCUT2D eigenvalue weighted by Crippen LogP contribution is 2.29. The molecule has 8 heteroatoms. The first-order chi connectivity index (χ1) is 16.4. The van der Waals surface area contributed by atoms with E-state index >= 15 is 0 Å². The largest absolute Gasteiger partial charge is 0.493 e. The lowest BCUT2D eigenvalue weighted by Crippen LogP contribution is -2.13. The predicted octanol–water partition coefficient (Wildman–Crippen LogP) is 5.00. The Morgan fingerprint density at radius 3 is 2.44 bits per heavy atom. The fraction of sp³-hybridized carbons (Fsp3) is 0.269. The van der Waals surface area contributed by atoms with Gasteiger partial charge < -0.3 is 24.1 Å². The molecule has 8 nitrogen and oxygen atoms in total. The summed E-state index contributed by atoms with van der Waals surface area (Å²) in [7, 11) is 1.53. The second-order valence-corrected chi connectivity index (χ2v) is 7.68. The Balaban J connectivity index is 1.57. The van der Waals surface area contributed by atoms with Crippen LogP contribution in [0.15, 0.2) is 52.6 Å². The third-order valence-electron chi connectivity index (χ3n) is 4.87. The molecule has 0 fully saturated rings. The summed E-state index contributed by atoms with van der Waals surface area (Å²) in [5.74, 6) is 2.14. The second kappa shape index (κ2) is 11.6. The summed E-state index contributed by atoms with van der Waals surface area (Å²) in [6.45, 7) is 6.75. The second-order valence-electron chi connectivity index (χ2n) is 7.68. The summed E-state index contributed by atoms with van der Waals surface area (Å²) in [5.41, 5.74) is 2.84. The van der Waals surface area contributed by atoms with Crippen LogP contribution in [0.3, 0.4) is 0 Å². The van der Waals surface area contributed by atoms with Crippen molar-refractivity contribution in [3.05, 3.63) is 70.5 Å². The molecular weight excluding hydrogens is 434 g/mol. The number of hydrogen-bond acceptors (Lipinski definition) is 7. The number of nitriles is 1. The number of nitrogens with one attached hydrogen (secondary N) is 1. The van der Waals surface area contributed by atoms with E-state index in [1.54, 1.807) is 31.2 Å². The number of methoxy groups -OCH3 is 1. The zero-order valence-electron chi connectivity index (χ0n) is 19.7. The number of aromatic nitrogens is 1. The third kappa shape index (κ3) is 6.62. The molecule has 3 rings (SSSR count). The summed E-state index contributed by atoms with van der Waals surface area (Å²) in [6.07, 6.45) is 2.16. The van der Waals surface area contributed by atoms with Crippen LogP contribution in [-0.2, 0) is 4.79 Å². The van der Waals surface area contributed by atoms with Crippen molar-refractivity contribution < 1.29 is 23.5 Å². The van der Waals surface area contributed by atoms with Gasteiger partial charge in [0.25, 0.3) is 5.91 Å². The molecule has 1 aromatic heterocycles. The van der Waals surface area contributed by atoms with E-state index in [2.05, 4.69) is 23.5 Å². The molecule has 0 aliphatic rings. The van der Waals surface area contributed by atoms with Gasteiger partial charge in [0, 0.05) is 12.5 Å². The number of anilines is 1. The highest BCUT2D eigenvalue weighted by Gasteiger charge is 2.13. The summed E-state index contributed by atoms with van der Waals surface area (Å²) in [5, 5.41) is 15.6. The molecule has 176 valence electrons. The fourth-order valence-electron chi connectivity index (χ4n) is 3.20. The van der Waals surface area contributed by atoms with Gasteiger partial charge in [0.2, 0.25) is 0 Å². The Morgan fingerprint density at radius 2 is 1.79 bits per heavy atom. The molecule has 0 radical (unpaired) electrons. The number of benzene rings is 2. The summed E-state index contributed by atoms with van der Waals surface area (Å²) in [6, 6.07) is 14.7. The van der Waals surface area contributed by atoms with Crippen LogP contribution in [0.25, 0.3) is 6.08 Å². The van der Waals surface area contributed by atoms with Gasteiger partial charge in [0.15, 0.2) is 17.3 Å². The van der Waals surface area contributed by atoms with Gasteiger partial charge in [-0.3, -0.25) is 4.79 Å². The van der Waals surface area contributed by atoms with E-state index in [-0.39, 0.29) is 11.4 Å². The van der Waals surface area contributed by atoms with Crippen LogP contribution in [-0.4, -0.2) is 31.4 Å². The first-order valence-corrected chi connectivity index (χ1v) is 10.8. The molecule has 0 atom stereocenters. The molecule has 0 spiro atoms. The van der Waals surface area contributed by atoms with Crippen molar-refractivity contribution in [1.82, 2.24) is 5.16 Å². The molecule has 34 heavy (non-hydrogen) atoms. The average molecular weight is 462 g/mol. The van der Waals surface area contributed by atoms with Crippen molar-refractivity contribution in [2.24, 2.45) is 0 Å². The fourth-order valence-corrected chi connectivity index (χ4v) is 3.20. The summed E-state index contributed by atoms with van der Waals surface area (Å²) in [4.78, 5) is 12.4. The molecule has 3 aromatic rings. The summed E-state index contributed by atoms with van der Waals surface area (Å²) < 4.78 is 22.0. The molecule has 0 saturated heterocycles. The van der Waals surface area contributed by atoms with E-state index in [9.17, 15) is 10.1 Å². The predicted molar refractivity (Wildman–Crippen MR) is 128 cm³/mol. The topological polar surface area (TPSA) is 107 Å². The Morgan fingerprint density at radius 1 is 1.06 bits per heavy atom. The van der Waals surface area contributed by atoms with Gasteiger partial charge in [-0.15, -0.1) is 0 Å². The van der Waals surface area contributed by atoms with Crippen LogP contribution in [0.5, 0.6) is 17.2 Å². The minimum absolute atomic E-state index is 0.0834. The van der Waals surface area contributed by atoms with Gasteiger partial charge in [-0.25, -0.2) is 0 Å². The minimum Gasteiger partial charge on any atom is -0.493 e. The van der Waals surface area contributed by atoms with Gasteiger partial charge >= 0.3 is 0 Å². The molecule has 0 aliphatic carbocycles. The smallest absolute Gasteiger partial charge is 0.267 e. The molecule has 1 amide bonds. The van der Waals surface area contributed by atoms with E-state index in [1.165, 1.54) is 18.7 Å². The van der Waals surface area contributed by atoms with Crippen LogP contribution in [0.2, 0.25) is 0 Å². The Kier molecular flexibility index (Phi) is 8.30. The van der Waals surface area contributed by atoms with Gasteiger partial charge in [0.05, 0.1) is 20.3 Å². The number of hydrogen-bond donors (Lipinski definition) is 1. The van der Waals surface area contributed by atoms with E-state index in [4.69, 9.17) is 18.7 Å². The summed E-state index contributed by atoms with van der Waals surface area (Å²) >= 11 is 0. The van der Waals surface area contributed by atoms with E-state index < -0.39 is 5.91 Å². The zero-order chi connectivity index (χ0) is 24.5. The molecule has 0 saturated carbocycles. The van der Waals surface area contributed by atoms with Crippen molar-refractivity contribution in [3.8, 4) is 23.3 Å². The van der Waals surface area contributed by atoms with Gasteiger partial charge in [-0.1, -0.05) is 28.9 Å². The first-order valence-electron chi connectivity index (χ1n) is 10.8. The zero-order valence-corrected chi connectivity index (χ0v) is 19.7. The van der Waals surface area contributed by atoms with Gasteiger partial charge in [0.1, 0.15) is 23.2 Å². The number of amides is 1. The lowest BCUT2D eigenvalue weighted by atomic mass is 10.1. The van der Waals surface area contributed by atoms with Crippen LogP contribution >= 0.6 is 0 Å². The quantitative estimate of drug-likeness (QED) is 0.257.